The Bertz CT molecular complexity index is 430. The summed E-state index contributed by atoms with van der Waals surface area (Å²) in [6.07, 6.45) is -5.30. The molecule has 0 saturated carbocycles. The molecule has 1 aromatic carbocycles. The molecule has 0 unspecified atom stereocenters. The topological polar surface area (TPSA) is 53.3 Å². The third-order valence-corrected chi connectivity index (χ3v) is 2.49. The first-order chi connectivity index (χ1) is 8.25. The van der Waals surface area contributed by atoms with Gasteiger partial charge in [0, 0.05) is 11.8 Å². The lowest BCUT2D eigenvalue weighted by atomic mass is 10.1. The largest absolute Gasteiger partial charge is 0.488 e. The van der Waals surface area contributed by atoms with Crippen molar-refractivity contribution in [3.63, 3.8) is 0 Å². The van der Waals surface area contributed by atoms with Gasteiger partial charge in [-0.15, -0.1) is 0 Å². The van der Waals surface area contributed by atoms with Crippen LogP contribution < -0.4 is 4.74 Å². The highest BCUT2D eigenvalue weighted by molar-refractivity contribution is 5.80. The van der Waals surface area contributed by atoms with E-state index in [9.17, 15) is 18.3 Å². The van der Waals surface area contributed by atoms with E-state index in [1.165, 1.54) is 19.1 Å². The van der Waals surface area contributed by atoms with Gasteiger partial charge in [-0.3, -0.25) is 0 Å². The average molecular weight is 261 g/mol. The molecule has 3 nitrogen and oxygen atoms in total. The Hall–Kier alpha value is -1.56. The fourth-order valence-electron chi connectivity index (χ4n) is 1.29. The molecule has 2 atom stereocenters. The Labute approximate surface area is 103 Å². The van der Waals surface area contributed by atoms with Gasteiger partial charge in [-0.1, -0.05) is 0 Å². The molecular weight excluding hydrogens is 247 g/mol. The quantitative estimate of drug-likeness (QED) is 0.819. The van der Waals surface area contributed by atoms with Gasteiger partial charge >= 0.3 is 6.18 Å². The van der Waals surface area contributed by atoms with Crippen LogP contribution in [-0.4, -0.2) is 23.5 Å². The Morgan fingerprint density at radius 3 is 2.39 bits per heavy atom. The van der Waals surface area contributed by atoms with Crippen molar-refractivity contribution in [2.24, 2.45) is 0 Å². The maximum absolute atomic E-state index is 12.7. The van der Waals surface area contributed by atoms with Gasteiger partial charge < -0.3 is 15.3 Å². The summed E-state index contributed by atoms with van der Waals surface area (Å²) in [7, 11) is 0. The number of aliphatic hydroxyl groups excluding tert-OH is 1. The van der Waals surface area contributed by atoms with Crippen LogP contribution in [-0.2, 0) is 6.18 Å². The Balaban J connectivity index is 3.07. The molecule has 2 N–H and O–H groups in total. The molecule has 0 amide bonds. The molecule has 0 aliphatic carbocycles. The van der Waals surface area contributed by atoms with Crippen molar-refractivity contribution in [2.45, 2.75) is 32.2 Å². The fraction of sp³-hybridized carbons (Fsp3) is 0.417. The zero-order chi connectivity index (χ0) is 13.9. The number of benzene rings is 1. The van der Waals surface area contributed by atoms with E-state index in [1.807, 2.05) is 0 Å². The number of nitrogens with one attached hydrogen (secondary N) is 1. The molecule has 0 bridgehead atoms. The summed E-state index contributed by atoms with van der Waals surface area (Å²) in [5.74, 6) is 0.0151. The lowest BCUT2D eigenvalue weighted by Gasteiger charge is -2.19. The molecule has 0 aliphatic heterocycles. The number of hydrogen-bond acceptors (Lipinski definition) is 3. The highest BCUT2D eigenvalue weighted by Gasteiger charge is 2.33. The van der Waals surface area contributed by atoms with Crippen LogP contribution in [0.4, 0.5) is 13.2 Å². The molecule has 100 valence electrons. The number of halogens is 3. The third kappa shape index (κ3) is 3.46. The molecule has 6 heteroatoms. The lowest BCUT2D eigenvalue weighted by molar-refractivity contribution is -0.137. The minimum Gasteiger partial charge on any atom is -0.488 e. The van der Waals surface area contributed by atoms with Gasteiger partial charge in [0.25, 0.3) is 0 Å². The molecule has 0 radical (unpaired) electrons. The summed E-state index contributed by atoms with van der Waals surface area (Å²) in [6.45, 7) is 3.05. The van der Waals surface area contributed by atoms with E-state index in [4.69, 9.17) is 10.1 Å². The van der Waals surface area contributed by atoms with Crippen LogP contribution in [0, 0.1) is 5.41 Å². The summed E-state index contributed by atoms with van der Waals surface area (Å²) in [5, 5.41) is 16.2. The maximum atomic E-state index is 12.7. The van der Waals surface area contributed by atoms with Crippen LogP contribution >= 0.6 is 0 Å². The normalized spacial score (nSPS) is 15.0. The predicted molar refractivity (Wildman–Crippen MR) is 61.1 cm³/mol. The van der Waals surface area contributed by atoms with Crippen molar-refractivity contribution >= 4 is 6.21 Å². The third-order valence-electron chi connectivity index (χ3n) is 2.49. The summed E-state index contributed by atoms with van der Waals surface area (Å²) < 4.78 is 43.3. The van der Waals surface area contributed by atoms with E-state index in [2.05, 4.69) is 0 Å². The van der Waals surface area contributed by atoms with Crippen LogP contribution in [0.25, 0.3) is 0 Å². The van der Waals surface area contributed by atoms with Gasteiger partial charge in [0.1, 0.15) is 11.9 Å². The van der Waals surface area contributed by atoms with Gasteiger partial charge in [-0.25, -0.2) is 0 Å². The molecule has 0 aromatic heterocycles. The number of aliphatic hydroxyl groups is 1. The zero-order valence-corrected chi connectivity index (χ0v) is 9.95. The first kappa shape index (κ1) is 14.5. The van der Waals surface area contributed by atoms with Crippen LogP contribution in [0.5, 0.6) is 5.75 Å². The smallest absolute Gasteiger partial charge is 0.417 e. The second kappa shape index (κ2) is 5.39. The molecule has 0 saturated heterocycles. The standard InChI is InChI=1S/C12H14F3NO2/c1-7(17)8(2)18-10-4-3-9(6-16)11(5-10)12(13,14)15/h3-8,16-17H,1-2H3/t7-,8-/m1/s1. The Kier molecular flexibility index (Phi) is 4.34. The van der Waals surface area contributed by atoms with Gasteiger partial charge in [-0.2, -0.15) is 13.2 Å². The van der Waals surface area contributed by atoms with Crippen LogP contribution in [0.2, 0.25) is 0 Å². The highest BCUT2D eigenvalue weighted by atomic mass is 19.4. The van der Waals surface area contributed by atoms with Crippen molar-refractivity contribution < 1.29 is 23.0 Å². The molecule has 1 rings (SSSR count). The number of hydrogen-bond donors (Lipinski definition) is 2. The molecule has 0 aliphatic rings. The van der Waals surface area contributed by atoms with Crippen LogP contribution in [0.15, 0.2) is 18.2 Å². The minimum absolute atomic E-state index is 0.0151. The lowest BCUT2D eigenvalue weighted by Crippen LogP contribution is -2.25. The van der Waals surface area contributed by atoms with E-state index < -0.39 is 23.9 Å². The van der Waals surface area contributed by atoms with Crippen molar-refractivity contribution in [1.29, 1.82) is 5.41 Å². The van der Waals surface area contributed by atoms with Crippen molar-refractivity contribution in [3.8, 4) is 5.75 Å². The molecule has 18 heavy (non-hydrogen) atoms. The van der Waals surface area contributed by atoms with Gasteiger partial charge in [-0.05, 0) is 32.0 Å². The van der Waals surface area contributed by atoms with Gasteiger partial charge in [0.2, 0.25) is 0 Å². The van der Waals surface area contributed by atoms with Gasteiger partial charge in [0.05, 0.1) is 11.7 Å². The highest BCUT2D eigenvalue weighted by Crippen LogP contribution is 2.34. The summed E-state index contributed by atoms with van der Waals surface area (Å²) >= 11 is 0. The van der Waals surface area contributed by atoms with Crippen molar-refractivity contribution in [1.82, 2.24) is 0 Å². The molecule has 0 spiro atoms. The monoisotopic (exact) mass is 261 g/mol. The van der Waals surface area contributed by atoms with Crippen LogP contribution in [0.3, 0.4) is 0 Å². The fourth-order valence-corrected chi connectivity index (χ4v) is 1.29. The summed E-state index contributed by atoms with van der Waals surface area (Å²) in [6, 6.07) is 3.34. The first-order valence-electron chi connectivity index (χ1n) is 5.32. The molecule has 1 aromatic rings. The Morgan fingerprint density at radius 1 is 1.33 bits per heavy atom. The average Bonchev–Trinajstić information content (AvgIpc) is 2.27. The summed E-state index contributed by atoms with van der Waals surface area (Å²) in [5.41, 5.74) is -1.15. The number of rotatable bonds is 4. The molecule has 0 fully saturated rings. The second-order valence-electron chi connectivity index (χ2n) is 3.95. The zero-order valence-electron chi connectivity index (χ0n) is 9.95. The van der Waals surface area contributed by atoms with E-state index in [0.717, 1.165) is 6.07 Å². The number of alkyl halides is 3. The van der Waals surface area contributed by atoms with E-state index in [-0.39, 0.29) is 11.3 Å². The molecule has 0 heterocycles. The van der Waals surface area contributed by atoms with Crippen molar-refractivity contribution in [2.75, 3.05) is 0 Å². The van der Waals surface area contributed by atoms with Gasteiger partial charge in [0.15, 0.2) is 0 Å². The predicted octanol–water partition coefficient (Wildman–Crippen LogP) is 2.85. The first-order valence-corrected chi connectivity index (χ1v) is 5.32. The van der Waals surface area contributed by atoms with Crippen molar-refractivity contribution in [3.05, 3.63) is 29.3 Å². The molecular formula is C12H14F3NO2. The summed E-state index contributed by atoms with van der Waals surface area (Å²) in [4.78, 5) is 0. The van der Waals surface area contributed by atoms with Crippen LogP contribution in [0.1, 0.15) is 25.0 Å². The van der Waals surface area contributed by atoms with E-state index in [0.29, 0.717) is 6.21 Å². The second-order valence-corrected chi connectivity index (χ2v) is 3.95. The van der Waals surface area contributed by atoms with E-state index in [1.54, 1.807) is 6.92 Å². The Morgan fingerprint density at radius 2 is 1.94 bits per heavy atom. The number of ether oxygens (including phenoxy) is 1. The minimum atomic E-state index is -4.54. The SMILES string of the molecule is C[C@@H](O)[C@@H](C)Oc1ccc(C=N)c(C(F)(F)F)c1. The van der Waals surface area contributed by atoms with E-state index >= 15 is 0 Å². The maximum Gasteiger partial charge on any atom is 0.417 e.